The van der Waals surface area contributed by atoms with E-state index >= 15 is 0 Å². The first-order chi connectivity index (χ1) is 11.5. The predicted molar refractivity (Wildman–Crippen MR) is 114 cm³/mol. The van der Waals surface area contributed by atoms with Crippen LogP contribution in [0.5, 0.6) is 0 Å². The molecule has 1 aliphatic rings. The lowest BCUT2D eigenvalue weighted by Crippen LogP contribution is -2.33. The molecule has 4 rings (SSSR count). The fourth-order valence-corrected chi connectivity index (χ4v) is 3.89. The molecule has 26 heavy (non-hydrogen) atoms. The number of likely N-dealkylation sites (tertiary alicyclic amines) is 1. The second kappa shape index (κ2) is 8.20. The van der Waals surface area contributed by atoms with Crippen LogP contribution in [-0.4, -0.2) is 38.5 Å². The molecule has 1 aliphatic heterocycles. The number of hydrogen-bond donors (Lipinski definition) is 0. The van der Waals surface area contributed by atoms with Crippen LogP contribution in [0.4, 0.5) is 0 Å². The maximum Gasteiger partial charge on any atom is 0.215 e. The first kappa shape index (κ1) is 21.1. The van der Waals surface area contributed by atoms with Gasteiger partial charge >= 0.3 is 0 Å². The Kier molecular flexibility index (Phi) is 6.65. The van der Waals surface area contributed by atoms with E-state index < -0.39 is 0 Å². The molecule has 0 spiro atoms. The fourth-order valence-electron chi connectivity index (χ4n) is 3.89. The number of imidazole rings is 2. The van der Waals surface area contributed by atoms with Crippen LogP contribution in [0.1, 0.15) is 45.7 Å². The molecule has 0 aliphatic carbocycles. The smallest absolute Gasteiger partial charge is 0.215 e. The van der Waals surface area contributed by atoms with Gasteiger partial charge in [0.2, 0.25) is 5.78 Å². The van der Waals surface area contributed by atoms with E-state index in [9.17, 15) is 0 Å². The highest BCUT2D eigenvalue weighted by Gasteiger charge is 2.23. The summed E-state index contributed by atoms with van der Waals surface area (Å²) < 4.78 is 4.71. The summed E-state index contributed by atoms with van der Waals surface area (Å²) in [7, 11) is 0. The minimum Gasteiger partial charge on any atom is -0.312 e. The Balaban J connectivity index is 0.00000121. The molecule has 2 aromatic heterocycles. The number of hydrogen-bond acceptors (Lipinski definition) is 2. The van der Waals surface area contributed by atoms with Crippen LogP contribution in [0.15, 0.2) is 30.5 Å². The zero-order valence-electron chi connectivity index (χ0n) is 15.9. The highest BCUT2D eigenvalue weighted by molar-refractivity contribution is 5.85. The van der Waals surface area contributed by atoms with E-state index in [-0.39, 0.29) is 30.2 Å². The van der Waals surface area contributed by atoms with Gasteiger partial charge in [-0.05, 0) is 38.1 Å². The summed E-state index contributed by atoms with van der Waals surface area (Å²) in [5.41, 5.74) is 3.77. The van der Waals surface area contributed by atoms with Crippen molar-refractivity contribution in [2.24, 2.45) is 0 Å². The number of nitrogens with zero attached hydrogens (tertiary/aromatic N) is 4. The van der Waals surface area contributed by atoms with E-state index in [1.165, 1.54) is 43.6 Å². The number of piperidine rings is 1. The largest absolute Gasteiger partial charge is 0.312 e. The molecule has 0 radical (unpaired) electrons. The topological polar surface area (TPSA) is 25.5 Å². The summed E-state index contributed by atoms with van der Waals surface area (Å²) >= 11 is 0. The number of rotatable bonds is 3. The second-order valence-electron chi connectivity index (χ2n) is 8.09. The summed E-state index contributed by atoms with van der Waals surface area (Å²) in [4.78, 5) is 7.53. The van der Waals surface area contributed by atoms with Crippen LogP contribution in [-0.2, 0) is 12.0 Å². The molecule has 6 heteroatoms. The Morgan fingerprint density at radius 1 is 0.962 bits per heavy atom. The molecule has 0 unspecified atom stereocenters. The zero-order valence-corrected chi connectivity index (χ0v) is 17.6. The van der Waals surface area contributed by atoms with E-state index in [0.29, 0.717) is 0 Å². The standard InChI is InChI=1S/C20H28N4.2ClH/c1-20(2,3)18-15-24-17-10-6-5-9-16(17)21-19(24)23(18)14-13-22-11-7-4-8-12-22;;/h5-6,9-10,15H,4,7-8,11-14H2,1-3H3;2*1H. The minimum atomic E-state index is 0. The van der Waals surface area contributed by atoms with Gasteiger partial charge in [-0.1, -0.05) is 39.3 Å². The van der Waals surface area contributed by atoms with Crippen molar-refractivity contribution in [3.63, 3.8) is 0 Å². The van der Waals surface area contributed by atoms with Gasteiger partial charge in [0, 0.05) is 30.4 Å². The fraction of sp³-hybridized carbons (Fsp3) is 0.550. The number of aromatic nitrogens is 3. The van der Waals surface area contributed by atoms with Crippen molar-refractivity contribution < 1.29 is 0 Å². The molecule has 1 aromatic carbocycles. The van der Waals surface area contributed by atoms with Gasteiger partial charge in [0.15, 0.2) is 0 Å². The van der Waals surface area contributed by atoms with Gasteiger partial charge in [0.1, 0.15) is 0 Å². The summed E-state index contributed by atoms with van der Waals surface area (Å²) in [5, 5.41) is 0. The zero-order chi connectivity index (χ0) is 16.7. The average molecular weight is 397 g/mol. The lowest BCUT2D eigenvalue weighted by Gasteiger charge is -2.28. The number of para-hydroxylation sites is 2. The highest BCUT2D eigenvalue weighted by atomic mass is 35.5. The number of benzene rings is 1. The molecule has 0 bridgehead atoms. The van der Waals surface area contributed by atoms with Gasteiger partial charge in [-0.15, -0.1) is 24.8 Å². The Hall–Kier alpha value is -1.23. The maximum atomic E-state index is 4.92. The van der Waals surface area contributed by atoms with Gasteiger partial charge < -0.3 is 9.47 Å². The molecule has 3 heterocycles. The molecule has 1 saturated heterocycles. The number of fused-ring (bicyclic) bond motifs is 3. The Morgan fingerprint density at radius 2 is 1.65 bits per heavy atom. The van der Waals surface area contributed by atoms with E-state index in [1.54, 1.807) is 0 Å². The maximum absolute atomic E-state index is 4.92. The van der Waals surface area contributed by atoms with Gasteiger partial charge in [0.25, 0.3) is 0 Å². The van der Waals surface area contributed by atoms with Crippen LogP contribution in [0.2, 0.25) is 0 Å². The quantitative estimate of drug-likeness (QED) is 0.627. The molecular formula is C20H30Cl2N4. The van der Waals surface area contributed by atoms with Crippen LogP contribution >= 0.6 is 24.8 Å². The van der Waals surface area contributed by atoms with Crippen molar-refractivity contribution in [3.8, 4) is 0 Å². The van der Waals surface area contributed by atoms with Crippen molar-refractivity contribution >= 4 is 41.6 Å². The third-order valence-corrected chi connectivity index (χ3v) is 5.22. The molecule has 0 amide bonds. The predicted octanol–water partition coefficient (Wildman–Crippen LogP) is 4.92. The van der Waals surface area contributed by atoms with Crippen molar-refractivity contribution in [3.05, 3.63) is 36.2 Å². The summed E-state index contributed by atoms with van der Waals surface area (Å²) in [6, 6.07) is 8.43. The van der Waals surface area contributed by atoms with Gasteiger partial charge in [0.05, 0.1) is 11.0 Å². The Labute approximate surface area is 168 Å². The van der Waals surface area contributed by atoms with Crippen molar-refractivity contribution in [2.75, 3.05) is 19.6 Å². The Morgan fingerprint density at radius 3 is 2.35 bits per heavy atom. The first-order valence-corrected chi connectivity index (χ1v) is 9.23. The average Bonchev–Trinajstić information content (AvgIpc) is 3.10. The lowest BCUT2D eigenvalue weighted by molar-refractivity contribution is 0.220. The lowest BCUT2D eigenvalue weighted by atomic mass is 9.92. The van der Waals surface area contributed by atoms with Crippen molar-refractivity contribution in [1.29, 1.82) is 0 Å². The SMILES string of the molecule is CC(C)(C)c1cn2c3ccccc3nc2n1CCN1CCCCC1.Cl.Cl. The molecule has 3 aromatic rings. The van der Waals surface area contributed by atoms with Gasteiger partial charge in [-0.25, -0.2) is 4.98 Å². The molecule has 0 saturated carbocycles. The molecule has 144 valence electrons. The summed E-state index contributed by atoms with van der Waals surface area (Å²) in [6.07, 6.45) is 6.38. The number of halogens is 2. The van der Waals surface area contributed by atoms with Crippen molar-refractivity contribution in [1.82, 2.24) is 18.9 Å². The Bertz CT molecular complexity index is 854. The molecule has 4 nitrogen and oxygen atoms in total. The molecular weight excluding hydrogens is 367 g/mol. The van der Waals surface area contributed by atoms with Crippen LogP contribution < -0.4 is 0 Å². The van der Waals surface area contributed by atoms with Gasteiger partial charge in [-0.3, -0.25) is 4.40 Å². The third kappa shape index (κ3) is 3.88. The van der Waals surface area contributed by atoms with E-state index in [1.807, 2.05) is 0 Å². The summed E-state index contributed by atoms with van der Waals surface area (Å²) in [5.74, 6) is 1.08. The van der Waals surface area contributed by atoms with Gasteiger partial charge in [-0.2, -0.15) is 0 Å². The molecule has 0 N–H and O–H groups in total. The molecule has 1 fully saturated rings. The normalized spacial score (nSPS) is 15.8. The van der Waals surface area contributed by atoms with E-state index in [4.69, 9.17) is 4.98 Å². The monoisotopic (exact) mass is 396 g/mol. The van der Waals surface area contributed by atoms with Crippen LogP contribution in [0.25, 0.3) is 16.8 Å². The van der Waals surface area contributed by atoms with Crippen LogP contribution in [0, 0.1) is 0 Å². The van der Waals surface area contributed by atoms with Crippen molar-refractivity contribution in [2.45, 2.75) is 52.0 Å². The minimum absolute atomic E-state index is 0. The van der Waals surface area contributed by atoms with Crippen LogP contribution in [0.3, 0.4) is 0 Å². The molecule has 0 atom stereocenters. The third-order valence-electron chi connectivity index (χ3n) is 5.22. The van der Waals surface area contributed by atoms with E-state index in [2.05, 4.69) is 65.1 Å². The van der Waals surface area contributed by atoms with E-state index in [0.717, 1.165) is 24.4 Å². The highest BCUT2D eigenvalue weighted by Crippen LogP contribution is 2.28. The second-order valence-corrected chi connectivity index (χ2v) is 8.09. The summed E-state index contributed by atoms with van der Waals surface area (Å²) in [6.45, 7) is 11.5. The first-order valence-electron chi connectivity index (χ1n) is 9.23.